The van der Waals surface area contributed by atoms with Crippen LogP contribution in [0.4, 0.5) is 0 Å². The summed E-state index contributed by atoms with van der Waals surface area (Å²) in [4.78, 5) is 29.4. The monoisotopic (exact) mass is 471 g/mol. The quantitative estimate of drug-likeness (QED) is 0.544. The molecule has 1 amide bonds. The lowest BCUT2D eigenvalue weighted by molar-refractivity contribution is -0.117. The number of carbonyl (C=O) groups is 2. The molecule has 1 heterocycles. The van der Waals surface area contributed by atoms with E-state index >= 15 is 0 Å². The Morgan fingerprint density at radius 1 is 1.06 bits per heavy atom. The van der Waals surface area contributed by atoms with Gasteiger partial charge in [0.05, 0.1) is 23.6 Å². The molecule has 1 aromatic heterocycles. The van der Waals surface area contributed by atoms with E-state index in [0.29, 0.717) is 5.01 Å². The van der Waals surface area contributed by atoms with Crippen molar-refractivity contribution in [2.75, 3.05) is 20.6 Å². The molecular formula is C23H25N3O4S2. The molecule has 0 bridgehead atoms. The lowest BCUT2D eigenvalue weighted by atomic mass is 10.0. The van der Waals surface area contributed by atoms with Gasteiger partial charge in [0, 0.05) is 30.6 Å². The standard InChI is InChI=1S/C23H25N3O4S2/c1-15-7-5-8-16(2)22(15)20-14-31-21(25-20)12-18(27)13-24-23(28)17-9-6-10-19(11-17)32(29,30)26(3)4/h5-11,14H,12-13H2,1-4H3,(H,24,28). The highest BCUT2D eigenvalue weighted by molar-refractivity contribution is 7.89. The number of amides is 1. The van der Waals surface area contributed by atoms with Gasteiger partial charge in [-0.05, 0) is 43.2 Å². The number of nitrogens with zero attached hydrogens (tertiary/aromatic N) is 2. The van der Waals surface area contributed by atoms with E-state index in [2.05, 4.69) is 10.3 Å². The molecule has 0 radical (unpaired) electrons. The molecule has 0 atom stereocenters. The number of thiazole rings is 1. The second kappa shape index (κ2) is 9.72. The molecule has 0 spiro atoms. The van der Waals surface area contributed by atoms with Crippen molar-refractivity contribution in [2.45, 2.75) is 25.2 Å². The number of hydrogen-bond donors (Lipinski definition) is 1. The molecule has 7 nitrogen and oxygen atoms in total. The average Bonchev–Trinajstić information content (AvgIpc) is 3.19. The molecule has 0 fully saturated rings. The van der Waals surface area contributed by atoms with Crippen molar-refractivity contribution < 1.29 is 18.0 Å². The summed E-state index contributed by atoms with van der Waals surface area (Å²) in [6, 6.07) is 11.8. The van der Waals surface area contributed by atoms with Crippen LogP contribution in [0, 0.1) is 13.8 Å². The molecule has 0 aliphatic heterocycles. The normalized spacial score (nSPS) is 11.5. The molecule has 0 saturated heterocycles. The van der Waals surface area contributed by atoms with Crippen molar-refractivity contribution in [3.8, 4) is 11.3 Å². The summed E-state index contributed by atoms with van der Waals surface area (Å²) in [5.74, 6) is -0.692. The molecule has 3 rings (SSSR count). The highest BCUT2D eigenvalue weighted by Crippen LogP contribution is 2.28. The van der Waals surface area contributed by atoms with Crippen molar-refractivity contribution in [2.24, 2.45) is 0 Å². The van der Waals surface area contributed by atoms with E-state index in [4.69, 9.17) is 0 Å². The smallest absolute Gasteiger partial charge is 0.251 e. The van der Waals surface area contributed by atoms with Crippen molar-refractivity contribution in [3.63, 3.8) is 0 Å². The third-order valence-corrected chi connectivity index (χ3v) is 7.62. The van der Waals surface area contributed by atoms with Gasteiger partial charge < -0.3 is 5.32 Å². The van der Waals surface area contributed by atoms with Gasteiger partial charge in [0.15, 0.2) is 5.78 Å². The molecule has 3 aromatic rings. The summed E-state index contributed by atoms with van der Waals surface area (Å²) in [5.41, 5.74) is 4.34. The summed E-state index contributed by atoms with van der Waals surface area (Å²) < 4.78 is 25.6. The molecule has 1 N–H and O–H groups in total. The Morgan fingerprint density at radius 2 is 1.72 bits per heavy atom. The maximum absolute atomic E-state index is 12.4. The maximum Gasteiger partial charge on any atom is 0.251 e. The molecule has 2 aromatic carbocycles. The van der Waals surface area contributed by atoms with E-state index in [1.54, 1.807) is 0 Å². The minimum Gasteiger partial charge on any atom is -0.345 e. The zero-order valence-electron chi connectivity index (χ0n) is 18.4. The van der Waals surface area contributed by atoms with Gasteiger partial charge in [-0.25, -0.2) is 17.7 Å². The lowest BCUT2D eigenvalue weighted by Gasteiger charge is -2.12. The van der Waals surface area contributed by atoms with Gasteiger partial charge in [0.2, 0.25) is 10.0 Å². The third kappa shape index (κ3) is 5.29. The molecule has 168 valence electrons. The number of aromatic nitrogens is 1. The average molecular weight is 472 g/mol. The van der Waals surface area contributed by atoms with Crippen molar-refractivity contribution in [1.29, 1.82) is 0 Å². The molecular weight excluding hydrogens is 446 g/mol. The van der Waals surface area contributed by atoms with Crippen LogP contribution in [0.3, 0.4) is 0 Å². The Hall–Kier alpha value is -2.88. The highest BCUT2D eigenvalue weighted by Gasteiger charge is 2.19. The second-order valence-electron chi connectivity index (χ2n) is 7.61. The third-order valence-electron chi connectivity index (χ3n) is 4.96. The fourth-order valence-electron chi connectivity index (χ4n) is 3.25. The number of nitrogens with one attached hydrogen (secondary N) is 1. The molecule has 0 saturated carbocycles. The van der Waals surface area contributed by atoms with Crippen LogP contribution in [0.1, 0.15) is 26.5 Å². The Kier molecular flexibility index (Phi) is 7.22. The number of ketones is 1. The predicted octanol–water partition coefficient (Wildman–Crippen LogP) is 3.22. The number of sulfonamides is 1. The largest absolute Gasteiger partial charge is 0.345 e. The highest BCUT2D eigenvalue weighted by atomic mass is 32.2. The lowest BCUT2D eigenvalue weighted by Crippen LogP contribution is -2.30. The van der Waals surface area contributed by atoms with Crippen molar-refractivity contribution in [1.82, 2.24) is 14.6 Å². The van der Waals surface area contributed by atoms with Crippen molar-refractivity contribution in [3.05, 3.63) is 69.5 Å². The number of hydrogen-bond acceptors (Lipinski definition) is 6. The van der Waals surface area contributed by atoms with E-state index in [1.807, 2.05) is 37.4 Å². The SMILES string of the molecule is Cc1cccc(C)c1-c1csc(CC(=O)CNC(=O)c2cccc(S(=O)(=O)N(C)C)c2)n1. The Morgan fingerprint density at radius 3 is 2.38 bits per heavy atom. The first-order valence-electron chi connectivity index (χ1n) is 9.93. The zero-order chi connectivity index (χ0) is 23.5. The minimum absolute atomic E-state index is 0.0169. The van der Waals surface area contributed by atoms with Gasteiger partial charge in [-0.2, -0.15) is 0 Å². The maximum atomic E-state index is 12.4. The van der Waals surface area contributed by atoms with Crippen molar-refractivity contribution >= 4 is 33.1 Å². The fraction of sp³-hybridized carbons (Fsp3) is 0.261. The topological polar surface area (TPSA) is 96.4 Å². The van der Waals surface area contributed by atoms with Crippen LogP contribution in [0.15, 0.2) is 52.7 Å². The Labute approximate surface area is 192 Å². The first-order chi connectivity index (χ1) is 15.1. The van der Waals surface area contributed by atoms with Gasteiger partial charge >= 0.3 is 0 Å². The second-order valence-corrected chi connectivity index (χ2v) is 10.7. The summed E-state index contributed by atoms with van der Waals surface area (Å²) in [5, 5.41) is 5.18. The minimum atomic E-state index is -3.65. The van der Waals surface area contributed by atoms with Crippen LogP contribution < -0.4 is 5.32 Å². The molecule has 9 heteroatoms. The molecule has 32 heavy (non-hydrogen) atoms. The summed E-state index contributed by atoms with van der Waals surface area (Å²) >= 11 is 1.41. The summed E-state index contributed by atoms with van der Waals surface area (Å²) in [6.07, 6.45) is 0.116. The van der Waals surface area contributed by atoms with Crippen LogP contribution in [0.25, 0.3) is 11.3 Å². The number of benzene rings is 2. The number of Topliss-reactive ketones (excluding diaryl/α,β-unsaturated/α-hetero) is 1. The van der Waals surface area contributed by atoms with Gasteiger partial charge in [0.1, 0.15) is 5.01 Å². The van der Waals surface area contributed by atoms with Crippen LogP contribution in [0.2, 0.25) is 0 Å². The van der Waals surface area contributed by atoms with Gasteiger partial charge in [-0.1, -0.05) is 24.3 Å². The number of carbonyl (C=O) groups excluding carboxylic acids is 2. The van der Waals surface area contributed by atoms with Gasteiger partial charge in [-0.15, -0.1) is 11.3 Å². The first kappa shape index (κ1) is 23.8. The van der Waals surface area contributed by atoms with E-state index in [9.17, 15) is 18.0 Å². The van der Waals surface area contributed by atoms with Crippen LogP contribution >= 0.6 is 11.3 Å². The summed E-state index contributed by atoms with van der Waals surface area (Å²) in [7, 11) is -0.809. The van der Waals surface area contributed by atoms with Crippen LogP contribution in [-0.4, -0.2) is 50.0 Å². The predicted molar refractivity (Wildman–Crippen MR) is 125 cm³/mol. The van der Waals surface area contributed by atoms with E-state index in [-0.39, 0.29) is 29.2 Å². The Bertz CT molecular complexity index is 1240. The molecule has 0 aliphatic carbocycles. The first-order valence-corrected chi connectivity index (χ1v) is 12.2. The Balaban J connectivity index is 1.63. The van der Waals surface area contributed by atoms with Gasteiger partial charge in [0.25, 0.3) is 5.91 Å². The summed E-state index contributed by atoms with van der Waals surface area (Å²) in [6.45, 7) is 3.89. The van der Waals surface area contributed by atoms with E-state index < -0.39 is 15.9 Å². The van der Waals surface area contributed by atoms with E-state index in [0.717, 1.165) is 26.7 Å². The number of aryl methyl sites for hydroxylation is 2. The van der Waals surface area contributed by atoms with Gasteiger partial charge in [-0.3, -0.25) is 9.59 Å². The fourth-order valence-corrected chi connectivity index (χ4v) is 5.01. The molecule has 0 unspecified atom stereocenters. The zero-order valence-corrected chi connectivity index (χ0v) is 20.0. The number of rotatable bonds is 8. The van der Waals surface area contributed by atoms with E-state index in [1.165, 1.54) is 49.7 Å². The van der Waals surface area contributed by atoms with Crippen LogP contribution in [-0.2, 0) is 21.2 Å². The van der Waals surface area contributed by atoms with Crippen LogP contribution in [0.5, 0.6) is 0 Å². The molecule has 0 aliphatic rings.